The average Bonchev–Trinajstić information content (AvgIpc) is 2.63. The highest BCUT2D eigenvalue weighted by Crippen LogP contribution is 2.30. The van der Waals surface area contributed by atoms with E-state index in [1.807, 2.05) is 55.4 Å². The minimum atomic E-state index is -0.424. The molecule has 1 saturated heterocycles. The quantitative estimate of drug-likeness (QED) is 0.653. The zero-order valence-electron chi connectivity index (χ0n) is 15.4. The molecule has 0 saturated carbocycles. The van der Waals surface area contributed by atoms with Crippen molar-refractivity contribution in [3.05, 3.63) is 0 Å². The summed E-state index contributed by atoms with van der Waals surface area (Å²) in [6, 6.07) is 0. The first-order valence-corrected chi connectivity index (χ1v) is 8.44. The van der Waals surface area contributed by atoms with Crippen molar-refractivity contribution in [2.24, 2.45) is 0 Å². The number of ether oxygens (including phenoxy) is 5. The lowest BCUT2D eigenvalue weighted by Gasteiger charge is -2.28. The van der Waals surface area contributed by atoms with Crippen LogP contribution < -0.4 is 0 Å². The molecule has 0 aliphatic carbocycles. The smallest absolute Gasteiger partial charge is 0.187 e. The predicted octanol–water partition coefficient (Wildman–Crippen LogP) is 3.15. The van der Waals surface area contributed by atoms with Gasteiger partial charge in [-0.25, -0.2) is 0 Å². The van der Waals surface area contributed by atoms with Gasteiger partial charge < -0.3 is 23.7 Å². The van der Waals surface area contributed by atoms with Gasteiger partial charge in [0, 0.05) is 0 Å². The van der Waals surface area contributed by atoms with Crippen LogP contribution in [0.1, 0.15) is 55.4 Å². The molecule has 1 heterocycles. The molecule has 1 aliphatic rings. The summed E-state index contributed by atoms with van der Waals surface area (Å²) in [5.41, 5.74) is 0. The third kappa shape index (κ3) is 6.50. The summed E-state index contributed by atoms with van der Waals surface area (Å²) in [5, 5.41) is 0. The summed E-state index contributed by atoms with van der Waals surface area (Å²) in [5.74, 6) is 0. The second-order valence-electron chi connectivity index (χ2n) is 6.91. The van der Waals surface area contributed by atoms with Crippen LogP contribution >= 0.6 is 0 Å². The van der Waals surface area contributed by atoms with Crippen LogP contribution in [0.4, 0.5) is 0 Å². The largest absolute Gasteiger partial charge is 0.376 e. The van der Waals surface area contributed by atoms with Crippen LogP contribution in [0.15, 0.2) is 0 Å². The van der Waals surface area contributed by atoms with Gasteiger partial charge in [0.2, 0.25) is 0 Å². The van der Waals surface area contributed by atoms with Crippen molar-refractivity contribution >= 4 is 0 Å². The molecule has 0 N–H and O–H groups in total. The molecule has 0 aromatic rings. The van der Waals surface area contributed by atoms with E-state index in [4.69, 9.17) is 23.7 Å². The fourth-order valence-corrected chi connectivity index (χ4v) is 2.43. The molecular weight excluding hydrogens is 284 g/mol. The van der Waals surface area contributed by atoms with Crippen LogP contribution in [0.5, 0.6) is 0 Å². The second-order valence-corrected chi connectivity index (χ2v) is 6.91. The monoisotopic (exact) mass is 318 g/mol. The molecule has 5 nitrogen and oxygen atoms in total. The lowest BCUT2D eigenvalue weighted by atomic mass is 10.1. The van der Waals surface area contributed by atoms with Crippen LogP contribution in [0.2, 0.25) is 0 Å². The maximum absolute atomic E-state index is 6.07. The zero-order chi connectivity index (χ0) is 16.9. The zero-order valence-corrected chi connectivity index (χ0v) is 15.4. The molecule has 1 rings (SSSR count). The maximum atomic E-state index is 6.07. The van der Waals surface area contributed by atoms with Gasteiger partial charge in [-0.05, 0) is 55.4 Å². The molecule has 1 aliphatic heterocycles. The standard InChI is InChI=1S/C17H34O5/c1-10(2)18-9-14-15(19-11(3)4)16(20-12(5)6)17(22-14)21-13(7)8/h10-17H,9H2,1-8H3/t14-,15-,16-,17-/m1/s1. The summed E-state index contributed by atoms with van der Waals surface area (Å²) in [4.78, 5) is 0. The van der Waals surface area contributed by atoms with E-state index in [2.05, 4.69) is 0 Å². The van der Waals surface area contributed by atoms with Gasteiger partial charge in [-0.3, -0.25) is 0 Å². The molecule has 1 fully saturated rings. The Morgan fingerprint density at radius 2 is 1.18 bits per heavy atom. The van der Waals surface area contributed by atoms with E-state index in [-0.39, 0.29) is 42.7 Å². The number of hydrogen-bond donors (Lipinski definition) is 0. The lowest BCUT2D eigenvalue weighted by molar-refractivity contribution is -0.205. The first-order valence-electron chi connectivity index (χ1n) is 8.44. The topological polar surface area (TPSA) is 46.2 Å². The van der Waals surface area contributed by atoms with Gasteiger partial charge in [-0.2, -0.15) is 0 Å². The Labute approximate surface area is 135 Å². The number of hydrogen-bond acceptors (Lipinski definition) is 5. The average molecular weight is 318 g/mol. The lowest BCUT2D eigenvalue weighted by Crippen LogP contribution is -2.42. The van der Waals surface area contributed by atoms with Gasteiger partial charge in [0.1, 0.15) is 18.3 Å². The summed E-state index contributed by atoms with van der Waals surface area (Å²) in [6.45, 7) is 16.5. The van der Waals surface area contributed by atoms with Crippen molar-refractivity contribution in [1.29, 1.82) is 0 Å². The maximum Gasteiger partial charge on any atom is 0.187 e. The Kier molecular flexibility index (Phi) is 8.28. The summed E-state index contributed by atoms with van der Waals surface area (Å²) >= 11 is 0. The first-order chi connectivity index (χ1) is 10.2. The van der Waals surface area contributed by atoms with E-state index in [9.17, 15) is 0 Å². The minimum absolute atomic E-state index is 0.0627. The highest BCUT2D eigenvalue weighted by molar-refractivity contribution is 4.90. The molecule has 132 valence electrons. The third-order valence-corrected chi connectivity index (χ3v) is 3.13. The van der Waals surface area contributed by atoms with Crippen LogP contribution in [0.25, 0.3) is 0 Å². The Balaban J connectivity index is 2.85. The molecule has 0 unspecified atom stereocenters. The minimum Gasteiger partial charge on any atom is -0.376 e. The van der Waals surface area contributed by atoms with Gasteiger partial charge >= 0.3 is 0 Å². The van der Waals surface area contributed by atoms with Gasteiger partial charge in [-0.1, -0.05) is 0 Å². The normalized spacial score (nSPS) is 29.5. The van der Waals surface area contributed by atoms with Crippen molar-refractivity contribution in [1.82, 2.24) is 0 Å². The van der Waals surface area contributed by atoms with E-state index >= 15 is 0 Å². The van der Waals surface area contributed by atoms with E-state index in [0.717, 1.165) is 0 Å². The molecule has 0 bridgehead atoms. The van der Waals surface area contributed by atoms with Gasteiger partial charge in [0.05, 0.1) is 31.0 Å². The fourth-order valence-electron chi connectivity index (χ4n) is 2.43. The Bertz CT molecular complexity index is 303. The van der Waals surface area contributed by atoms with Crippen molar-refractivity contribution in [2.75, 3.05) is 6.61 Å². The van der Waals surface area contributed by atoms with Crippen LogP contribution in [-0.2, 0) is 23.7 Å². The predicted molar refractivity (Wildman–Crippen MR) is 86.0 cm³/mol. The molecule has 5 heteroatoms. The Morgan fingerprint density at radius 1 is 0.682 bits per heavy atom. The molecule has 0 aromatic carbocycles. The van der Waals surface area contributed by atoms with Crippen LogP contribution in [0, 0.1) is 0 Å². The van der Waals surface area contributed by atoms with Gasteiger partial charge in [0.25, 0.3) is 0 Å². The molecule has 0 spiro atoms. The molecule has 4 atom stereocenters. The molecule has 22 heavy (non-hydrogen) atoms. The highest BCUT2D eigenvalue weighted by atomic mass is 16.7. The van der Waals surface area contributed by atoms with Crippen LogP contribution in [0.3, 0.4) is 0 Å². The molecule has 0 aromatic heterocycles. The second kappa shape index (κ2) is 9.18. The van der Waals surface area contributed by atoms with E-state index in [1.165, 1.54) is 0 Å². The van der Waals surface area contributed by atoms with Gasteiger partial charge in [-0.15, -0.1) is 0 Å². The van der Waals surface area contributed by atoms with E-state index in [0.29, 0.717) is 6.61 Å². The Morgan fingerprint density at radius 3 is 1.64 bits per heavy atom. The molecule has 0 amide bonds. The first kappa shape index (κ1) is 19.8. The fraction of sp³-hybridized carbons (Fsp3) is 1.00. The SMILES string of the molecule is CC(C)OC[C@H]1O[C@@H](OC(C)C)[C@H](OC(C)C)[C@@H]1OC(C)C. The highest BCUT2D eigenvalue weighted by Gasteiger charge is 2.48. The van der Waals surface area contributed by atoms with Crippen molar-refractivity contribution in [3.8, 4) is 0 Å². The summed E-state index contributed by atoms with van der Waals surface area (Å²) in [7, 11) is 0. The van der Waals surface area contributed by atoms with Crippen molar-refractivity contribution in [2.45, 2.75) is 104 Å². The van der Waals surface area contributed by atoms with Crippen LogP contribution in [-0.4, -0.2) is 55.6 Å². The van der Waals surface area contributed by atoms with Crippen molar-refractivity contribution < 1.29 is 23.7 Å². The number of rotatable bonds is 9. The molecule has 0 radical (unpaired) electrons. The third-order valence-electron chi connectivity index (χ3n) is 3.13. The Hall–Kier alpha value is -0.200. The summed E-state index contributed by atoms with van der Waals surface area (Å²) < 4.78 is 29.8. The van der Waals surface area contributed by atoms with Gasteiger partial charge in [0.15, 0.2) is 6.29 Å². The van der Waals surface area contributed by atoms with E-state index in [1.54, 1.807) is 0 Å². The van der Waals surface area contributed by atoms with Crippen molar-refractivity contribution in [3.63, 3.8) is 0 Å². The summed E-state index contributed by atoms with van der Waals surface area (Å²) in [6.07, 6.45) is -0.661. The van der Waals surface area contributed by atoms with E-state index < -0.39 is 6.29 Å². The molecular formula is C17H34O5.